The summed E-state index contributed by atoms with van der Waals surface area (Å²) in [7, 11) is -2.07. The van der Waals surface area contributed by atoms with Gasteiger partial charge in [-0.1, -0.05) is 0 Å². The Morgan fingerprint density at radius 3 is 2.21 bits per heavy atom. The lowest BCUT2D eigenvalue weighted by molar-refractivity contribution is 0.0746. The van der Waals surface area contributed by atoms with Gasteiger partial charge >= 0.3 is 0 Å². The summed E-state index contributed by atoms with van der Waals surface area (Å²) in [6, 6.07) is 18.2. The Morgan fingerprint density at radius 1 is 0.974 bits per heavy atom. The Kier molecular flexibility index (Phi) is 8.41. The number of ether oxygens (including phenoxy) is 2. The molecule has 3 aromatic rings. The highest BCUT2D eigenvalue weighted by Crippen LogP contribution is 2.28. The first-order valence-corrected chi connectivity index (χ1v) is 14.2. The van der Waals surface area contributed by atoms with E-state index in [1.807, 2.05) is 31.2 Å². The van der Waals surface area contributed by atoms with Crippen molar-refractivity contribution in [2.24, 2.45) is 0 Å². The molecule has 1 heterocycles. The minimum absolute atomic E-state index is 0.0633. The number of piperazine rings is 1. The van der Waals surface area contributed by atoms with Crippen molar-refractivity contribution >= 4 is 27.3 Å². The summed E-state index contributed by atoms with van der Waals surface area (Å²) in [5.41, 5.74) is 2.39. The monoisotopic (exact) mass is 541 g/mol. The molecule has 0 atom stereocenters. The van der Waals surface area contributed by atoms with Crippen LogP contribution in [-0.4, -0.2) is 65.4 Å². The van der Waals surface area contributed by atoms with Crippen molar-refractivity contribution in [3.63, 3.8) is 0 Å². The largest absolute Gasteiger partial charge is 0.497 e. The molecule has 0 unspecified atom stereocenters. The van der Waals surface area contributed by atoms with E-state index in [2.05, 4.69) is 4.90 Å². The van der Waals surface area contributed by atoms with Crippen molar-refractivity contribution in [3.05, 3.63) is 83.7 Å². The first-order chi connectivity index (χ1) is 18.2. The third-order valence-electron chi connectivity index (χ3n) is 6.44. The van der Waals surface area contributed by atoms with Gasteiger partial charge in [-0.2, -0.15) is 0 Å². The lowest BCUT2D eigenvalue weighted by Gasteiger charge is -2.36. The fourth-order valence-corrected chi connectivity index (χ4v) is 5.32. The van der Waals surface area contributed by atoms with E-state index < -0.39 is 15.8 Å². The lowest BCUT2D eigenvalue weighted by atomic mass is 10.1. The summed E-state index contributed by atoms with van der Waals surface area (Å²) in [4.78, 5) is 17.4. The van der Waals surface area contributed by atoms with Crippen LogP contribution < -0.4 is 18.7 Å². The Bertz CT molecular complexity index is 1360. The Labute approximate surface area is 223 Å². The Morgan fingerprint density at radius 2 is 1.63 bits per heavy atom. The van der Waals surface area contributed by atoms with Gasteiger partial charge in [0.2, 0.25) is 10.0 Å². The van der Waals surface area contributed by atoms with E-state index in [0.29, 0.717) is 55.3 Å². The average molecular weight is 542 g/mol. The van der Waals surface area contributed by atoms with Crippen LogP contribution in [0.2, 0.25) is 0 Å². The molecule has 1 fully saturated rings. The first-order valence-electron chi connectivity index (χ1n) is 12.4. The molecule has 8 nitrogen and oxygen atoms in total. The fraction of sp³-hybridized carbons (Fsp3) is 0.321. The molecule has 3 aromatic carbocycles. The number of rotatable bonds is 9. The molecule has 0 aromatic heterocycles. The van der Waals surface area contributed by atoms with E-state index in [-0.39, 0.29) is 12.5 Å². The van der Waals surface area contributed by atoms with Crippen LogP contribution in [0.3, 0.4) is 0 Å². The second-order valence-corrected chi connectivity index (χ2v) is 10.9. The average Bonchev–Trinajstić information content (AvgIpc) is 2.92. The van der Waals surface area contributed by atoms with Crippen molar-refractivity contribution in [1.82, 2.24) is 4.90 Å². The number of anilines is 2. The molecule has 38 heavy (non-hydrogen) atoms. The minimum atomic E-state index is -3.70. The molecule has 4 rings (SSSR count). The summed E-state index contributed by atoms with van der Waals surface area (Å²) in [6.45, 7) is 4.63. The first kappa shape index (κ1) is 27.3. The molecule has 1 amide bonds. The number of carbonyl (C=O) groups is 1. The highest BCUT2D eigenvalue weighted by molar-refractivity contribution is 7.92. The summed E-state index contributed by atoms with van der Waals surface area (Å²) in [5.74, 6) is 0.695. The zero-order chi connectivity index (χ0) is 27.3. The standard InChI is InChI=1S/C28H32FN3O5S/c1-4-37-27-14-5-21(19-22(27)20-32(38(3,34)35)25-8-6-23(29)7-9-25)28(33)31-17-15-30(16-18-31)24-10-12-26(36-2)13-11-24/h5-14,19H,4,15-18,20H2,1-3H3. The Hall–Kier alpha value is -3.79. The number of methoxy groups -OCH3 is 1. The zero-order valence-electron chi connectivity index (χ0n) is 21.8. The van der Waals surface area contributed by atoms with Crippen molar-refractivity contribution in [2.75, 3.05) is 55.4 Å². The van der Waals surface area contributed by atoms with Gasteiger partial charge < -0.3 is 19.3 Å². The zero-order valence-corrected chi connectivity index (χ0v) is 22.6. The Balaban J connectivity index is 1.53. The van der Waals surface area contributed by atoms with Gasteiger partial charge in [0.1, 0.15) is 17.3 Å². The number of hydrogen-bond donors (Lipinski definition) is 0. The molecule has 202 valence electrons. The molecule has 0 aliphatic carbocycles. The van der Waals surface area contributed by atoms with Crippen LogP contribution in [0.4, 0.5) is 15.8 Å². The maximum absolute atomic E-state index is 13.5. The van der Waals surface area contributed by atoms with Crippen LogP contribution in [-0.2, 0) is 16.6 Å². The summed E-state index contributed by atoms with van der Waals surface area (Å²) < 4.78 is 50.9. The maximum atomic E-state index is 13.5. The number of nitrogens with zero attached hydrogens (tertiary/aromatic N) is 3. The summed E-state index contributed by atoms with van der Waals surface area (Å²) in [5, 5.41) is 0. The van der Waals surface area contributed by atoms with Gasteiger partial charge in [0, 0.05) is 43.0 Å². The molecule has 10 heteroatoms. The van der Waals surface area contributed by atoms with Crippen molar-refractivity contribution < 1.29 is 27.1 Å². The molecule has 0 N–H and O–H groups in total. The van der Waals surface area contributed by atoms with Crippen molar-refractivity contribution in [3.8, 4) is 11.5 Å². The molecule has 1 saturated heterocycles. The summed E-state index contributed by atoms with van der Waals surface area (Å²) in [6.07, 6.45) is 1.09. The molecule has 0 radical (unpaired) electrons. The van der Waals surface area contributed by atoms with Crippen LogP contribution >= 0.6 is 0 Å². The van der Waals surface area contributed by atoms with E-state index in [0.717, 1.165) is 17.7 Å². The smallest absolute Gasteiger partial charge is 0.253 e. The SMILES string of the molecule is CCOc1ccc(C(=O)N2CCN(c3ccc(OC)cc3)CC2)cc1CN(c1ccc(F)cc1)S(C)(=O)=O. The number of amides is 1. The van der Waals surface area contributed by atoms with E-state index in [9.17, 15) is 17.6 Å². The third kappa shape index (κ3) is 6.36. The van der Waals surface area contributed by atoms with E-state index in [1.165, 1.54) is 28.6 Å². The van der Waals surface area contributed by atoms with Crippen LogP contribution in [0, 0.1) is 5.82 Å². The van der Waals surface area contributed by atoms with Crippen molar-refractivity contribution in [1.29, 1.82) is 0 Å². The molecule has 0 spiro atoms. The summed E-state index contributed by atoms with van der Waals surface area (Å²) >= 11 is 0. The van der Waals surface area contributed by atoms with Gasteiger partial charge in [0.25, 0.3) is 5.91 Å². The number of carbonyl (C=O) groups excluding carboxylic acids is 1. The lowest BCUT2D eigenvalue weighted by Crippen LogP contribution is -2.48. The van der Waals surface area contributed by atoms with Gasteiger partial charge in [-0.05, 0) is 73.7 Å². The predicted molar refractivity (Wildman–Crippen MR) is 146 cm³/mol. The quantitative estimate of drug-likeness (QED) is 0.405. The molecule has 0 bridgehead atoms. The highest BCUT2D eigenvalue weighted by Gasteiger charge is 2.25. The molecule has 1 aliphatic heterocycles. The van der Waals surface area contributed by atoms with Crippen LogP contribution in [0.25, 0.3) is 0 Å². The third-order valence-corrected chi connectivity index (χ3v) is 7.58. The van der Waals surface area contributed by atoms with Crippen LogP contribution in [0.15, 0.2) is 66.7 Å². The van der Waals surface area contributed by atoms with E-state index in [4.69, 9.17) is 9.47 Å². The van der Waals surface area contributed by atoms with Crippen LogP contribution in [0.5, 0.6) is 11.5 Å². The number of halogens is 1. The molecular weight excluding hydrogens is 509 g/mol. The molecular formula is C28H32FN3O5S. The molecule has 0 saturated carbocycles. The van der Waals surface area contributed by atoms with Crippen molar-refractivity contribution in [2.45, 2.75) is 13.5 Å². The number of benzene rings is 3. The topological polar surface area (TPSA) is 79.4 Å². The maximum Gasteiger partial charge on any atom is 0.253 e. The number of hydrogen-bond acceptors (Lipinski definition) is 6. The van der Waals surface area contributed by atoms with Crippen LogP contribution in [0.1, 0.15) is 22.8 Å². The van der Waals surface area contributed by atoms with E-state index >= 15 is 0 Å². The minimum Gasteiger partial charge on any atom is -0.497 e. The van der Waals surface area contributed by atoms with Gasteiger partial charge in [0.15, 0.2) is 0 Å². The van der Waals surface area contributed by atoms with E-state index in [1.54, 1.807) is 30.2 Å². The van der Waals surface area contributed by atoms with Gasteiger partial charge in [-0.3, -0.25) is 9.10 Å². The number of sulfonamides is 1. The highest BCUT2D eigenvalue weighted by atomic mass is 32.2. The fourth-order valence-electron chi connectivity index (χ4n) is 4.44. The second kappa shape index (κ2) is 11.7. The van der Waals surface area contributed by atoms with Gasteiger partial charge in [-0.25, -0.2) is 12.8 Å². The van der Waals surface area contributed by atoms with Gasteiger partial charge in [-0.15, -0.1) is 0 Å². The molecule has 1 aliphatic rings. The van der Waals surface area contributed by atoms with Gasteiger partial charge in [0.05, 0.1) is 32.2 Å². The predicted octanol–water partition coefficient (Wildman–Crippen LogP) is 4.16. The second-order valence-electron chi connectivity index (χ2n) is 8.98. The normalized spacial score (nSPS) is 13.8.